The van der Waals surface area contributed by atoms with Gasteiger partial charge in [0.1, 0.15) is 18.2 Å². The second-order valence-electron chi connectivity index (χ2n) is 8.10. The molecule has 2 aliphatic carbocycles. The smallest absolute Gasteiger partial charge is 0.293 e. The maximum atomic E-state index is 14.8. The number of ketones is 1. The summed E-state index contributed by atoms with van der Waals surface area (Å²) in [4.78, 5) is 21.9. The molecule has 2 fully saturated rings. The van der Waals surface area contributed by atoms with Crippen LogP contribution in [0.5, 0.6) is 5.75 Å². The van der Waals surface area contributed by atoms with Gasteiger partial charge in [-0.3, -0.25) is 9.59 Å². The Balaban J connectivity index is 0.000000523. The number of hydrogen-bond acceptors (Lipinski definition) is 4. The third kappa shape index (κ3) is 6.69. The molecule has 32 heavy (non-hydrogen) atoms. The highest BCUT2D eigenvalue weighted by Gasteiger charge is 2.31. The Hall–Kier alpha value is -2.11. The molecule has 4 nitrogen and oxygen atoms in total. The number of carbonyl (C=O) groups is 2. The van der Waals surface area contributed by atoms with E-state index in [2.05, 4.69) is 4.74 Å². The zero-order valence-electron chi connectivity index (χ0n) is 18.0. The Morgan fingerprint density at radius 2 is 1.72 bits per heavy atom. The normalized spacial score (nSPS) is 15.6. The molecular weight excluding hydrogens is 454 g/mol. The van der Waals surface area contributed by atoms with Crippen molar-refractivity contribution in [2.24, 2.45) is 5.92 Å². The molecule has 0 aliphatic heterocycles. The van der Waals surface area contributed by atoms with Crippen LogP contribution in [-0.4, -0.2) is 18.9 Å². The molecule has 172 valence electrons. The molecule has 0 spiro atoms. The van der Waals surface area contributed by atoms with Gasteiger partial charge in [0.25, 0.3) is 6.47 Å². The highest BCUT2D eigenvalue weighted by atomic mass is 35.5. The molecule has 0 saturated heterocycles. The minimum absolute atomic E-state index is 0.0257. The van der Waals surface area contributed by atoms with Crippen molar-refractivity contribution >= 4 is 35.5 Å². The molecule has 7 heteroatoms. The first-order valence-corrected chi connectivity index (χ1v) is 11.7. The Morgan fingerprint density at radius 1 is 1.06 bits per heavy atom. The highest BCUT2D eigenvalue weighted by Crippen LogP contribution is 2.43. The molecule has 2 saturated carbocycles. The van der Waals surface area contributed by atoms with Gasteiger partial charge in [0.15, 0.2) is 5.78 Å². The Bertz CT molecular complexity index is 933. The van der Waals surface area contributed by atoms with Crippen molar-refractivity contribution in [3.63, 3.8) is 0 Å². The number of benzene rings is 2. The molecule has 4 rings (SSSR count). The lowest BCUT2D eigenvalue weighted by atomic mass is 9.92. The topological polar surface area (TPSA) is 52.6 Å². The van der Waals surface area contributed by atoms with E-state index in [0.29, 0.717) is 34.8 Å². The molecule has 0 aromatic heterocycles. The molecule has 0 unspecified atom stereocenters. The van der Waals surface area contributed by atoms with E-state index in [-0.39, 0.29) is 23.9 Å². The molecule has 2 aliphatic rings. The molecule has 2 aromatic carbocycles. The van der Waals surface area contributed by atoms with Crippen LogP contribution >= 0.6 is 23.2 Å². The zero-order chi connectivity index (χ0) is 23.1. The van der Waals surface area contributed by atoms with Crippen LogP contribution in [0.25, 0.3) is 0 Å². The summed E-state index contributed by atoms with van der Waals surface area (Å²) in [5.41, 5.74) is 2.07. The van der Waals surface area contributed by atoms with Crippen LogP contribution < -0.4 is 4.74 Å². The van der Waals surface area contributed by atoms with Crippen molar-refractivity contribution in [1.29, 1.82) is 0 Å². The van der Waals surface area contributed by atoms with E-state index in [0.717, 1.165) is 49.7 Å². The zero-order valence-corrected chi connectivity index (χ0v) is 19.6. The van der Waals surface area contributed by atoms with Crippen LogP contribution in [0.2, 0.25) is 10.0 Å². The summed E-state index contributed by atoms with van der Waals surface area (Å²) in [7, 11) is 0. The Morgan fingerprint density at radius 3 is 2.25 bits per heavy atom. The second-order valence-corrected chi connectivity index (χ2v) is 8.97. The molecule has 0 amide bonds. The van der Waals surface area contributed by atoms with Gasteiger partial charge in [0.05, 0.1) is 12.2 Å². The first-order valence-electron chi connectivity index (χ1n) is 10.9. The van der Waals surface area contributed by atoms with Crippen molar-refractivity contribution in [2.45, 2.75) is 58.0 Å². The molecule has 0 radical (unpaired) electrons. The molecule has 0 N–H and O–H groups in total. The summed E-state index contributed by atoms with van der Waals surface area (Å²) in [5, 5.41) is 0.979. The van der Waals surface area contributed by atoms with E-state index in [4.69, 9.17) is 27.9 Å². The minimum atomic E-state index is -0.445. The maximum Gasteiger partial charge on any atom is 0.293 e. The van der Waals surface area contributed by atoms with E-state index in [9.17, 15) is 14.0 Å². The van der Waals surface area contributed by atoms with Gasteiger partial charge in [-0.15, -0.1) is 0 Å². The summed E-state index contributed by atoms with van der Waals surface area (Å²) < 4.78 is 24.7. The SMILES string of the molecule is CCOC=O.O=C(c1cc(C2CC2)c(COc2cc(Cl)cc(Cl)c2)cc1F)C1CCCC1. The third-order valence-electron chi connectivity index (χ3n) is 5.70. The van der Waals surface area contributed by atoms with E-state index in [1.807, 2.05) is 0 Å². The lowest BCUT2D eigenvalue weighted by Crippen LogP contribution is -2.14. The predicted octanol–water partition coefficient (Wildman–Crippen LogP) is 7.14. The van der Waals surface area contributed by atoms with Gasteiger partial charge >= 0.3 is 0 Å². The van der Waals surface area contributed by atoms with Crippen LogP contribution in [0.4, 0.5) is 4.39 Å². The number of halogens is 3. The lowest BCUT2D eigenvalue weighted by molar-refractivity contribution is -0.128. The quantitative estimate of drug-likeness (QED) is 0.297. The van der Waals surface area contributed by atoms with Gasteiger partial charge in [-0.05, 0) is 80.0 Å². The van der Waals surface area contributed by atoms with Gasteiger partial charge in [-0.2, -0.15) is 0 Å². The van der Waals surface area contributed by atoms with Crippen molar-refractivity contribution in [1.82, 2.24) is 0 Å². The van der Waals surface area contributed by atoms with E-state index >= 15 is 0 Å². The number of hydrogen-bond donors (Lipinski definition) is 0. The van der Waals surface area contributed by atoms with E-state index in [1.165, 1.54) is 6.07 Å². The summed E-state index contributed by atoms with van der Waals surface area (Å²) in [6.45, 7) is 2.88. The van der Waals surface area contributed by atoms with Gasteiger partial charge in [0, 0.05) is 16.0 Å². The van der Waals surface area contributed by atoms with Crippen LogP contribution in [0, 0.1) is 11.7 Å². The largest absolute Gasteiger partial charge is 0.489 e. The number of Topliss-reactive ketones (excluding diaryl/α,β-unsaturated/α-hetero) is 1. The Kier molecular flexibility index (Phi) is 8.94. The van der Waals surface area contributed by atoms with Crippen molar-refractivity contribution in [2.75, 3.05) is 6.61 Å². The van der Waals surface area contributed by atoms with Crippen molar-refractivity contribution in [3.8, 4) is 5.75 Å². The third-order valence-corrected chi connectivity index (χ3v) is 6.14. The summed E-state index contributed by atoms with van der Waals surface area (Å²) >= 11 is 12.0. The van der Waals surface area contributed by atoms with Crippen molar-refractivity contribution < 1.29 is 23.5 Å². The van der Waals surface area contributed by atoms with Crippen LogP contribution in [0.1, 0.15) is 72.9 Å². The Labute approximate surface area is 198 Å². The first kappa shape index (κ1) is 24.5. The molecule has 0 atom stereocenters. The fourth-order valence-corrected chi connectivity index (χ4v) is 4.47. The second kappa shape index (κ2) is 11.7. The summed E-state index contributed by atoms with van der Waals surface area (Å²) in [5.74, 6) is 0.422. The van der Waals surface area contributed by atoms with E-state index in [1.54, 1.807) is 31.2 Å². The fourth-order valence-electron chi connectivity index (χ4n) is 3.97. The van der Waals surface area contributed by atoms with Gasteiger partial charge < -0.3 is 9.47 Å². The average Bonchev–Trinajstić information content (AvgIpc) is 3.45. The monoisotopic (exact) mass is 480 g/mol. The van der Waals surface area contributed by atoms with Gasteiger partial charge in [-0.1, -0.05) is 36.0 Å². The molecule has 0 heterocycles. The molecule has 0 bridgehead atoms. The number of ether oxygens (including phenoxy) is 2. The standard InChI is InChI=1S/C22H21Cl2FO2.C3H6O2/c23-16-8-17(24)10-18(9-16)27-12-15-7-21(25)20(11-19(15)13-5-6-13)22(26)14-3-1-2-4-14;1-2-5-3-4/h7-11,13-14H,1-6,12H2;3H,2H2,1H3. The minimum Gasteiger partial charge on any atom is -0.489 e. The lowest BCUT2D eigenvalue weighted by Gasteiger charge is -2.15. The highest BCUT2D eigenvalue weighted by molar-refractivity contribution is 6.34. The number of rotatable bonds is 8. The van der Waals surface area contributed by atoms with Crippen molar-refractivity contribution in [3.05, 3.63) is 62.9 Å². The van der Waals surface area contributed by atoms with E-state index < -0.39 is 5.82 Å². The van der Waals surface area contributed by atoms with Crippen LogP contribution in [0.3, 0.4) is 0 Å². The fraction of sp³-hybridized carbons (Fsp3) is 0.440. The maximum absolute atomic E-state index is 14.8. The molecular formula is C25H27Cl2FO4. The van der Waals surface area contributed by atoms with Gasteiger partial charge in [-0.25, -0.2) is 4.39 Å². The first-order chi connectivity index (χ1) is 15.4. The summed E-state index contributed by atoms with van der Waals surface area (Å²) in [6, 6.07) is 8.24. The molecule has 2 aromatic rings. The van der Waals surface area contributed by atoms with Crippen LogP contribution in [-0.2, 0) is 16.1 Å². The summed E-state index contributed by atoms with van der Waals surface area (Å²) in [6.07, 6.45) is 6.00. The predicted molar refractivity (Wildman–Crippen MR) is 123 cm³/mol. The number of carbonyl (C=O) groups excluding carboxylic acids is 2. The van der Waals surface area contributed by atoms with Gasteiger partial charge in [0.2, 0.25) is 0 Å². The average molecular weight is 481 g/mol. The van der Waals surface area contributed by atoms with Crippen LogP contribution in [0.15, 0.2) is 30.3 Å².